The SMILES string of the molecule is CC1CCN(CCOCCOc2ccc(Br)cc2)CC1. The van der Waals surface area contributed by atoms with Crippen molar-refractivity contribution in [2.24, 2.45) is 5.92 Å². The van der Waals surface area contributed by atoms with E-state index in [1.807, 2.05) is 24.3 Å². The molecule has 0 saturated carbocycles. The number of ether oxygens (including phenoxy) is 2. The molecule has 0 atom stereocenters. The summed E-state index contributed by atoms with van der Waals surface area (Å²) >= 11 is 3.40. The Kier molecular flexibility index (Phi) is 6.83. The van der Waals surface area contributed by atoms with Crippen LogP contribution in [0.15, 0.2) is 28.7 Å². The van der Waals surface area contributed by atoms with Gasteiger partial charge in [0.25, 0.3) is 0 Å². The molecule has 0 bridgehead atoms. The van der Waals surface area contributed by atoms with Crippen LogP contribution in [0.2, 0.25) is 0 Å². The molecule has 1 aromatic carbocycles. The van der Waals surface area contributed by atoms with E-state index in [9.17, 15) is 0 Å². The molecule has 0 aliphatic carbocycles. The summed E-state index contributed by atoms with van der Waals surface area (Å²) in [5, 5.41) is 0. The number of benzene rings is 1. The number of halogens is 1. The van der Waals surface area contributed by atoms with Gasteiger partial charge in [-0.15, -0.1) is 0 Å². The van der Waals surface area contributed by atoms with Crippen molar-refractivity contribution in [2.45, 2.75) is 19.8 Å². The zero-order valence-electron chi connectivity index (χ0n) is 12.2. The van der Waals surface area contributed by atoms with Crippen LogP contribution in [0.3, 0.4) is 0 Å². The molecule has 1 fully saturated rings. The summed E-state index contributed by atoms with van der Waals surface area (Å²) in [6, 6.07) is 7.87. The third-order valence-corrected chi connectivity index (χ3v) is 4.27. The van der Waals surface area contributed by atoms with Gasteiger partial charge >= 0.3 is 0 Å². The molecule has 0 radical (unpaired) electrons. The third-order valence-electron chi connectivity index (χ3n) is 3.74. The standard InChI is InChI=1S/C16H24BrNO2/c1-14-6-8-18(9-7-14)10-11-19-12-13-20-16-4-2-15(17)3-5-16/h2-5,14H,6-13H2,1H3. The van der Waals surface area contributed by atoms with Crippen molar-refractivity contribution < 1.29 is 9.47 Å². The predicted molar refractivity (Wildman–Crippen MR) is 85.3 cm³/mol. The van der Waals surface area contributed by atoms with Crippen molar-refractivity contribution in [1.29, 1.82) is 0 Å². The normalized spacial score (nSPS) is 17.3. The minimum absolute atomic E-state index is 0.610. The minimum Gasteiger partial charge on any atom is -0.491 e. The Morgan fingerprint density at radius 1 is 1.10 bits per heavy atom. The highest BCUT2D eigenvalue weighted by Gasteiger charge is 2.14. The van der Waals surface area contributed by atoms with Crippen LogP contribution < -0.4 is 4.74 Å². The van der Waals surface area contributed by atoms with E-state index >= 15 is 0 Å². The Morgan fingerprint density at radius 3 is 2.50 bits per heavy atom. The highest BCUT2D eigenvalue weighted by atomic mass is 79.9. The highest BCUT2D eigenvalue weighted by molar-refractivity contribution is 9.10. The van der Waals surface area contributed by atoms with Crippen LogP contribution in [-0.2, 0) is 4.74 Å². The average Bonchev–Trinajstić information content (AvgIpc) is 2.46. The summed E-state index contributed by atoms with van der Waals surface area (Å²) in [4.78, 5) is 2.50. The van der Waals surface area contributed by atoms with E-state index in [-0.39, 0.29) is 0 Å². The van der Waals surface area contributed by atoms with E-state index in [1.165, 1.54) is 25.9 Å². The molecular weight excluding hydrogens is 318 g/mol. The van der Waals surface area contributed by atoms with Gasteiger partial charge in [-0.25, -0.2) is 0 Å². The summed E-state index contributed by atoms with van der Waals surface area (Å²) in [6.45, 7) is 7.90. The second-order valence-corrected chi connectivity index (χ2v) is 6.35. The van der Waals surface area contributed by atoms with Gasteiger partial charge in [0, 0.05) is 11.0 Å². The molecule has 0 unspecified atom stereocenters. The molecule has 0 N–H and O–H groups in total. The number of rotatable bonds is 7. The maximum atomic E-state index is 5.63. The fourth-order valence-corrected chi connectivity index (χ4v) is 2.59. The molecule has 2 rings (SSSR count). The summed E-state index contributed by atoms with van der Waals surface area (Å²) in [7, 11) is 0. The van der Waals surface area contributed by atoms with Gasteiger partial charge in [0.1, 0.15) is 12.4 Å². The van der Waals surface area contributed by atoms with Crippen molar-refractivity contribution in [3.63, 3.8) is 0 Å². The van der Waals surface area contributed by atoms with Gasteiger partial charge in [-0.3, -0.25) is 0 Å². The number of hydrogen-bond donors (Lipinski definition) is 0. The molecule has 1 heterocycles. The first-order chi connectivity index (χ1) is 9.74. The van der Waals surface area contributed by atoms with Crippen LogP contribution in [-0.4, -0.2) is 44.4 Å². The zero-order valence-corrected chi connectivity index (χ0v) is 13.8. The molecule has 1 aromatic rings. The Bertz CT molecular complexity index is 375. The molecule has 0 aromatic heterocycles. The van der Waals surface area contributed by atoms with E-state index in [4.69, 9.17) is 9.47 Å². The molecule has 20 heavy (non-hydrogen) atoms. The first-order valence-electron chi connectivity index (χ1n) is 7.42. The predicted octanol–water partition coefficient (Wildman–Crippen LogP) is 3.58. The zero-order chi connectivity index (χ0) is 14.2. The Morgan fingerprint density at radius 2 is 1.80 bits per heavy atom. The second kappa shape index (κ2) is 8.65. The van der Waals surface area contributed by atoms with Crippen LogP contribution in [0.1, 0.15) is 19.8 Å². The van der Waals surface area contributed by atoms with Crippen molar-refractivity contribution in [2.75, 3.05) is 39.5 Å². The second-order valence-electron chi connectivity index (χ2n) is 5.44. The van der Waals surface area contributed by atoms with Crippen LogP contribution in [0.25, 0.3) is 0 Å². The van der Waals surface area contributed by atoms with Crippen molar-refractivity contribution in [1.82, 2.24) is 4.90 Å². The topological polar surface area (TPSA) is 21.7 Å². The molecule has 0 spiro atoms. The Hall–Kier alpha value is -0.580. The molecule has 1 aliphatic heterocycles. The van der Waals surface area contributed by atoms with Crippen molar-refractivity contribution >= 4 is 15.9 Å². The van der Waals surface area contributed by atoms with Gasteiger partial charge in [-0.1, -0.05) is 22.9 Å². The summed E-state index contributed by atoms with van der Waals surface area (Å²) in [5.41, 5.74) is 0. The number of nitrogens with zero attached hydrogens (tertiary/aromatic N) is 1. The lowest BCUT2D eigenvalue weighted by atomic mass is 9.99. The minimum atomic E-state index is 0.610. The molecule has 0 amide bonds. The summed E-state index contributed by atoms with van der Waals surface area (Å²) < 4.78 is 12.3. The monoisotopic (exact) mass is 341 g/mol. The number of hydrogen-bond acceptors (Lipinski definition) is 3. The third kappa shape index (κ3) is 5.81. The van der Waals surface area contributed by atoms with Gasteiger partial charge in [0.2, 0.25) is 0 Å². The van der Waals surface area contributed by atoms with E-state index in [1.54, 1.807) is 0 Å². The molecule has 4 heteroatoms. The van der Waals surface area contributed by atoms with Crippen LogP contribution in [0, 0.1) is 5.92 Å². The van der Waals surface area contributed by atoms with Gasteiger partial charge < -0.3 is 14.4 Å². The molecule has 1 saturated heterocycles. The van der Waals surface area contributed by atoms with Gasteiger partial charge in [0.05, 0.1) is 13.2 Å². The average molecular weight is 342 g/mol. The van der Waals surface area contributed by atoms with E-state index in [0.29, 0.717) is 13.2 Å². The first kappa shape index (κ1) is 15.8. The highest BCUT2D eigenvalue weighted by Crippen LogP contribution is 2.16. The lowest BCUT2D eigenvalue weighted by molar-refractivity contribution is 0.0709. The van der Waals surface area contributed by atoms with Gasteiger partial charge in [-0.2, -0.15) is 0 Å². The van der Waals surface area contributed by atoms with Gasteiger partial charge in [0.15, 0.2) is 0 Å². The summed E-state index contributed by atoms with van der Waals surface area (Å²) in [5.74, 6) is 1.79. The van der Waals surface area contributed by atoms with Crippen LogP contribution in [0.4, 0.5) is 0 Å². The Labute approximate surface area is 130 Å². The van der Waals surface area contributed by atoms with E-state index in [0.717, 1.165) is 29.3 Å². The molecule has 3 nitrogen and oxygen atoms in total. The molecular formula is C16H24BrNO2. The molecule has 1 aliphatic rings. The van der Waals surface area contributed by atoms with Crippen molar-refractivity contribution in [3.8, 4) is 5.75 Å². The van der Waals surface area contributed by atoms with Gasteiger partial charge in [-0.05, 0) is 56.1 Å². The largest absolute Gasteiger partial charge is 0.491 e. The first-order valence-corrected chi connectivity index (χ1v) is 8.22. The quantitative estimate of drug-likeness (QED) is 0.707. The molecule has 112 valence electrons. The van der Waals surface area contributed by atoms with Crippen LogP contribution in [0.5, 0.6) is 5.75 Å². The fourth-order valence-electron chi connectivity index (χ4n) is 2.33. The number of piperidine rings is 1. The maximum absolute atomic E-state index is 5.63. The van der Waals surface area contributed by atoms with E-state index in [2.05, 4.69) is 27.8 Å². The summed E-state index contributed by atoms with van der Waals surface area (Å²) in [6.07, 6.45) is 2.65. The van der Waals surface area contributed by atoms with E-state index < -0.39 is 0 Å². The lowest BCUT2D eigenvalue weighted by Gasteiger charge is -2.29. The number of likely N-dealkylation sites (tertiary alicyclic amines) is 1. The maximum Gasteiger partial charge on any atom is 0.119 e. The fraction of sp³-hybridized carbons (Fsp3) is 0.625. The smallest absolute Gasteiger partial charge is 0.119 e. The lowest BCUT2D eigenvalue weighted by Crippen LogP contribution is -2.35. The van der Waals surface area contributed by atoms with Crippen LogP contribution >= 0.6 is 15.9 Å². The Balaban J connectivity index is 1.48. The van der Waals surface area contributed by atoms with Crippen molar-refractivity contribution in [3.05, 3.63) is 28.7 Å².